The number of carbonyl (C=O) groups excluding carboxylic acids is 2. The summed E-state index contributed by atoms with van der Waals surface area (Å²) in [5.41, 5.74) is 2.45. The first-order valence-corrected chi connectivity index (χ1v) is 9.56. The Morgan fingerprint density at radius 2 is 2.04 bits per heavy atom. The molecule has 1 fully saturated rings. The molecule has 2 aromatic rings. The molecule has 1 aliphatic heterocycles. The fraction of sp³-hybridized carbons (Fsp3) is 0.150. The number of aromatic hydroxyl groups is 1. The number of aryl methyl sites for hydroxylation is 1. The van der Waals surface area contributed by atoms with Crippen LogP contribution in [0.2, 0.25) is 0 Å². The molecular weight excluding hydrogens is 380 g/mol. The van der Waals surface area contributed by atoms with Crippen molar-refractivity contribution in [2.24, 2.45) is 0 Å². The Morgan fingerprint density at radius 1 is 1.26 bits per heavy atom. The minimum Gasteiger partial charge on any atom is -0.508 e. The van der Waals surface area contributed by atoms with E-state index in [9.17, 15) is 14.7 Å². The van der Waals surface area contributed by atoms with Gasteiger partial charge in [-0.25, -0.2) is 0 Å². The zero-order valence-electron chi connectivity index (χ0n) is 14.6. The van der Waals surface area contributed by atoms with Crippen molar-refractivity contribution in [2.75, 3.05) is 11.9 Å². The first-order chi connectivity index (χ1) is 12.9. The number of thioether (sulfide) groups is 1. The van der Waals surface area contributed by atoms with E-state index in [-0.39, 0.29) is 30.5 Å². The summed E-state index contributed by atoms with van der Waals surface area (Å²) in [4.78, 5) is 26.7. The Morgan fingerprint density at radius 3 is 2.78 bits per heavy atom. The monoisotopic (exact) mass is 398 g/mol. The van der Waals surface area contributed by atoms with E-state index < -0.39 is 0 Å². The number of para-hydroxylation sites is 1. The predicted octanol–water partition coefficient (Wildman–Crippen LogP) is 3.93. The van der Waals surface area contributed by atoms with Crippen molar-refractivity contribution >= 4 is 51.9 Å². The normalized spacial score (nSPS) is 15.4. The minimum absolute atomic E-state index is 0.132. The SMILES string of the molecule is Cc1ccccc1NC(=O)CCN1C(=O)/C(=C/c2cccc(O)c2)SC1=S. The lowest BCUT2D eigenvalue weighted by molar-refractivity contribution is -0.122. The van der Waals surface area contributed by atoms with Crippen molar-refractivity contribution in [1.29, 1.82) is 0 Å². The average Bonchev–Trinajstić information content (AvgIpc) is 2.88. The first-order valence-electron chi connectivity index (χ1n) is 8.34. The van der Waals surface area contributed by atoms with Crippen LogP contribution in [0.25, 0.3) is 6.08 Å². The average molecular weight is 399 g/mol. The Hall–Kier alpha value is -2.64. The van der Waals surface area contributed by atoms with Crippen molar-refractivity contribution in [3.63, 3.8) is 0 Å². The maximum absolute atomic E-state index is 12.6. The summed E-state index contributed by atoms with van der Waals surface area (Å²) < 4.78 is 0.426. The summed E-state index contributed by atoms with van der Waals surface area (Å²) in [5.74, 6) is -0.264. The number of amides is 2. The fourth-order valence-electron chi connectivity index (χ4n) is 2.60. The van der Waals surface area contributed by atoms with Gasteiger partial charge in [-0.15, -0.1) is 0 Å². The van der Waals surface area contributed by atoms with Gasteiger partial charge in [0.2, 0.25) is 5.91 Å². The van der Waals surface area contributed by atoms with Gasteiger partial charge in [0.05, 0.1) is 4.91 Å². The van der Waals surface area contributed by atoms with Crippen LogP contribution >= 0.6 is 24.0 Å². The third-order valence-electron chi connectivity index (χ3n) is 4.02. The first kappa shape index (κ1) is 19.1. The topological polar surface area (TPSA) is 69.6 Å². The fourth-order valence-corrected chi connectivity index (χ4v) is 3.91. The van der Waals surface area contributed by atoms with Crippen molar-refractivity contribution < 1.29 is 14.7 Å². The molecule has 138 valence electrons. The van der Waals surface area contributed by atoms with Crippen molar-refractivity contribution in [3.05, 3.63) is 64.6 Å². The molecule has 0 aliphatic carbocycles. The van der Waals surface area contributed by atoms with Crippen LogP contribution < -0.4 is 5.32 Å². The smallest absolute Gasteiger partial charge is 0.266 e. The number of nitrogens with zero attached hydrogens (tertiary/aromatic N) is 1. The minimum atomic E-state index is -0.225. The van der Waals surface area contributed by atoms with Crippen LogP contribution in [-0.2, 0) is 9.59 Å². The van der Waals surface area contributed by atoms with E-state index in [0.717, 1.165) is 11.3 Å². The molecule has 1 aliphatic rings. The van der Waals surface area contributed by atoms with Crippen molar-refractivity contribution in [1.82, 2.24) is 4.90 Å². The molecule has 2 amide bonds. The van der Waals surface area contributed by atoms with Gasteiger partial charge in [-0.1, -0.05) is 54.3 Å². The summed E-state index contributed by atoms with van der Waals surface area (Å²) in [6.07, 6.45) is 1.84. The summed E-state index contributed by atoms with van der Waals surface area (Å²) in [7, 11) is 0. The Bertz CT molecular complexity index is 940. The molecule has 1 saturated heterocycles. The van der Waals surface area contributed by atoms with Crippen LogP contribution in [0.15, 0.2) is 53.4 Å². The number of carbonyl (C=O) groups is 2. The quantitative estimate of drug-likeness (QED) is 0.590. The molecule has 7 heteroatoms. The molecule has 0 spiro atoms. The van der Waals surface area contributed by atoms with Gasteiger partial charge < -0.3 is 10.4 Å². The summed E-state index contributed by atoms with van der Waals surface area (Å²) in [6, 6.07) is 14.2. The lowest BCUT2D eigenvalue weighted by Gasteiger charge is -2.14. The highest BCUT2D eigenvalue weighted by molar-refractivity contribution is 8.26. The number of phenolic OH excluding ortho intramolecular Hbond substituents is 1. The molecule has 27 heavy (non-hydrogen) atoms. The maximum Gasteiger partial charge on any atom is 0.266 e. The van der Waals surface area contributed by atoms with E-state index in [0.29, 0.717) is 14.8 Å². The van der Waals surface area contributed by atoms with Gasteiger partial charge in [0.15, 0.2) is 0 Å². The second-order valence-corrected chi connectivity index (χ2v) is 7.72. The Labute approximate surface area is 167 Å². The highest BCUT2D eigenvalue weighted by atomic mass is 32.2. The summed E-state index contributed by atoms with van der Waals surface area (Å²) in [6.45, 7) is 2.14. The van der Waals surface area contributed by atoms with Gasteiger partial charge in [0.1, 0.15) is 10.1 Å². The molecule has 1 heterocycles. The van der Waals surface area contributed by atoms with Crippen molar-refractivity contribution in [2.45, 2.75) is 13.3 Å². The van der Waals surface area contributed by atoms with E-state index in [1.54, 1.807) is 30.3 Å². The number of nitrogens with one attached hydrogen (secondary N) is 1. The van der Waals surface area contributed by atoms with Gasteiger partial charge >= 0.3 is 0 Å². The third kappa shape index (κ3) is 4.75. The number of hydrogen-bond acceptors (Lipinski definition) is 5. The van der Waals surface area contributed by atoms with Gasteiger partial charge in [-0.2, -0.15) is 0 Å². The second kappa shape index (κ2) is 8.37. The van der Waals surface area contributed by atoms with Crippen LogP contribution in [0.3, 0.4) is 0 Å². The van der Waals surface area contributed by atoms with Crippen LogP contribution in [0.5, 0.6) is 5.75 Å². The van der Waals surface area contributed by atoms with Crippen LogP contribution in [0, 0.1) is 6.92 Å². The molecular formula is C20H18N2O3S2. The van der Waals surface area contributed by atoms with Crippen LogP contribution in [-0.4, -0.2) is 32.7 Å². The standard InChI is InChI=1S/C20H18N2O3S2/c1-13-5-2-3-8-16(13)21-18(24)9-10-22-19(25)17(27-20(22)26)12-14-6-4-7-15(23)11-14/h2-8,11-12,23H,9-10H2,1H3,(H,21,24)/b17-12-. The molecule has 0 unspecified atom stereocenters. The largest absolute Gasteiger partial charge is 0.508 e. The zero-order chi connectivity index (χ0) is 19.4. The van der Waals surface area contributed by atoms with Gasteiger partial charge in [-0.3, -0.25) is 14.5 Å². The van der Waals surface area contributed by atoms with Gasteiger partial charge in [0, 0.05) is 18.7 Å². The van der Waals surface area contributed by atoms with Gasteiger partial charge in [0.25, 0.3) is 5.91 Å². The Kier molecular flexibility index (Phi) is 5.93. The third-order valence-corrected chi connectivity index (χ3v) is 5.40. The number of benzene rings is 2. The van der Waals surface area contributed by atoms with E-state index in [2.05, 4.69) is 5.32 Å². The van der Waals surface area contributed by atoms with Crippen LogP contribution in [0.4, 0.5) is 5.69 Å². The highest BCUT2D eigenvalue weighted by Gasteiger charge is 2.32. The van der Waals surface area contributed by atoms with E-state index in [1.807, 2.05) is 31.2 Å². The van der Waals surface area contributed by atoms with Crippen molar-refractivity contribution in [3.8, 4) is 5.75 Å². The lowest BCUT2D eigenvalue weighted by atomic mass is 10.2. The Balaban J connectivity index is 1.62. The maximum atomic E-state index is 12.6. The molecule has 0 atom stereocenters. The molecule has 2 aromatic carbocycles. The molecule has 0 saturated carbocycles. The molecule has 0 aromatic heterocycles. The molecule has 2 N–H and O–H groups in total. The van der Waals surface area contributed by atoms with Crippen LogP contribution in [0.1, 0.15) is 17.5 Å². The molecule has 0 radical (unpaired) electrons. The number of rotatable bonds is 5. The summed E-state index contributed by atoms with van der Waals surface area (Å²) in [5, 5.41) is 12.4. The number of anilines is 1. The molecule has 0 bridgehead atoms. The van der Waals surface area contributed by atoms with E-state index >= 15 is 0 Å². The number of hydrogen-bond donors (Lipinski definition) is 2. The van der Waals surface area contributed by atoms with E-state index in [4.69, 9.17) is 12.2 Å². The summed E-state index contributed by atoms with van der Waals surface area (Å²) >= 11 is 6.48. The highest BCUT2D eigenvalue weighted by Crippen LogP contribution is 2.33. The predicted molar refractivity (Wildman–Crippen MR) is 112 cm³/mol. The van der Waals surface area contributed by atoms with Gasteiger partial charge in [-0.05, 0) is 42.3 Å². The second-order valence-electron chi connectivity index (χ2n) is 6.04. The zero-order valence-corrected chi connectivity index (χ0v) is 16.3. The molecule has 5 nitrogen and oxygen atoms in total. The van der Waals surface area contributed by atoms with E-state index in [1.165, 1.54) is 16.7 Å². The number of phenols is 1. The number of thiocarbonyl (C=S) groups is 1. The lowest BCUT2D eigenvalue weighted by Crippen LogP contribution is -2.31. The molecule has 3 rings (SSSR count).